The highest BCUT2D eigenvalue weighted by molar-refractivity contribution is 9.10. The van der Waals surface area contributed by atoms with Gasteiger partial charge in [-0.1, -0.05) is 22.0 Å². The van der Waals surface area contributed by atoms with Gasteiger partial charge in [-0.25, -0.2) is 0 Å². The Bertz CT molecular complexity index is 456. The number of benzene rings is 1. The third-order valence-electron chi connectivity index (χ3n) is 3.73. The summed E-state index contributed by atoms with van der Waals surface area (Å²) in [6.45, 7) is 1.54. The Morgan fingerprint density at radius 2 is 1.95 bits per heavy atom. The van der Waals surface area contributed by atoms with E-state index in [0.717, 1.165) is 15.8 Å². The normalized spacial score (nSPS) is 18.2. The topological polar surface area (TPSA) is 12.5 Å². The minimum atomic E-state index is -4.06. The van der Waals surface area contributed by atoms with Gasteiger partial charge in [0.1, 0.15) is 5.75 Å². The molecule has 6 heteroatoms. The van der Waals surface area contributed by atoms with Crippen molar-refractivity contribution in [2.75, 3.05) is 20.2 Å². The molecule has 1 saturated heterocycles. The Morgan fingerprint density at radius 1 is 1.30 bits per heavy atom. The second-order valence-corrected chi connectivity index (χ2v) is 5.87. The van der Waals surface area contributed by atoms with Crippen molar-refractivity contribution in [2.24, 2.45) is 5.92 Å². The van der Waals surface area contributed by atoms with Gasteiger partial charge >= 0.3 is 6.18 Å². The fourth-order valence-corrected chi connectivity index (χ4v) is 3.00. The van der Waals surface area contributed by atoms with Crippen molar-refractivity contribution in [3.63, 3.8) is 0 Å². The van der Waals surface area contributed by atoms with Crippen LogP contribution in [0, 0.1) is 5.92 Å². The highest BCUT2D eigenvalue weighted by atomic mass is 79.9. The van der Waals surface area contributed by atoms with Gasteiger partial charge in [0.25, 0.3) is 0 Å². The van der Waals surface area contributed by atoms with Gasteiger partial charge in [0.2, 0.25) is 0 Å². The number of likely N-dealkylation sites (tertiary alicyclic amines) is 1. The predicted molar refractivity (Wildman–Crippen MR) is 74.8 cm³/mol. The van der Waals surface area contributed by atoms with Crippen LogP contribution in [0.25, 0.3) is 0 Å². The third-order valence-corrected chi connectivity index (χ3v) is 4.47. The summed E-state index contributed by atoms with van der Waals surface area (Å²) in [6, 6.07) is 5.66. The van der Waals surface area contributed by atoms with E-state index in [1.54, 1.807) is 7.11 Å². The lowest BCUT2D eigenvalue weighted by Crippen LogP contribution is -2.38. The second kappa shape index (κ2) is 6.35. The van der Waals surface area contributed by atoms with Crippen LogP contribution < -0.4 is 4.74 Å². The summed E-state index contributed by atoms with van der Waals surface area (Å²) in [5.74, 6) is -0.392. The maximum atomic E-state index is 12.6. The number of rotatable bonds is 3. The number of nitrogens with zero attached hydrogens (tertiary/aromatic N) is 1. The van der Waals surface area contributed by atoms with Crippen LogP contribution in [0.1, 0.15) is 18.4 Å². The SMILES string of the molecule is COc1cccc(Br)c1CN1CCC(C(F)(F)F)CC1. The lowest BCUT2D eigenvalue weighted by Gasteiger charge is -2.33. The summed E-state index contributed by atoms with van der Waals surface area (Å²) in [6.07, 6.45) is -3.70. The molecule has 0 N–H and O–H groups in total. The molecule has 1 fully saturated rings. The van der Waals surface area contributed by atoms with Gasteiger partial charge < -0.3 is 4.74 Å². The zero-order chi connectivity index (χ0) is 14.8. The van der Waals surface area contributed by atoms with Crippen LogP contribution in [0.15, 0.2) is 22.7 Å². The molecule has 0 unspecified atom stereocenters. The molecule has 0 spiro atoms. The predicted octanol–water partition coefficient (Wildman–Crippen LogP) is 4.23. The monoisotopic (exact) mass is 351 g/mol. The first-order chi connectivity index (χ1) is 9.41. The number of hydrogen-bond donors (Lipinski definition) is 0. The van der Waals surface area contributed by atoms with Gasteiger partial charge in [0.15, 0.2) is 0 Å². The Balaban J connectivity index is 2.00. The molecular weight excluding hydrogens is 335 g/mol. The van der Waals surface area contributed by atoms with Gasteiger partial charge in [0, 0.05) is 16.6 Å². The highest BCUT2D eigenvalue weighted by Crippen LogP contribution is 2.35. The Morgan fingerprint density at radius 3 is 2.50 bits per heavy atom. The van der Waals surface area contributed by atoms with Gasteiger partial charge in [-0.3, -0.25) is 4.90 Å². The number of halogens is 4. The zero-order valence-electron chi connectivity index (χ0n) is 11.2. The maximum absolute atomic E-state index is 12.6. The molecular formula is C14H17BrF3NO. The quantitative estimate of drug-likeness (QED) is 0.807. The molecule has 0 aliphatic carbocycles. The standard InChI is InChI=1S/C14H17BrF3NO/c1-20-13-4-2-3-12(15)11(13)9-19-7-5-10(6-8-19)14(16,17)18/h2-4,10H,5-9H2,1H3. The highest BCUT2D eigenvalue weighted by Gasteiger charge is 2.41. The van der Waals surface area contributed by atoms with Gasteiger partial charge in [-0.2, -0.15) is 13.2 Å². The molecule has 1 aliphatic rings. The van der Waals surface area contributed by atoms with Crippen LogP contribution in [0.2, 0.25) is 0 Å². The van der Waals surface area contributed by atoms with E-state index in [4.69, 9.17) is 4.74 Å². The van der Waals surface area contributed by atoms with Crippen molar-refractivity contribution in [3.05, 3.63) is 28.2 Å². The van der Waals surface area contributed by atoms with Crippen molar-refractivity contribution < 1.29 is 17.9 Å². The van der Waals surface area contributed by atoms with E-state index in [1.807, 2.05) is 23.1 Å². The minimum Gasteiger partial charge on any atom is -0.496 e. The minimum absolute atomic E-state index is 0.177. The molecule has 1 heterocycles. The molecule has 1 aromatic rings. The van der Waals surface area contributed by atoms with E-state index in [1.165, 1.54) is 0 Å². The lowest BCUT2D eigenvalue weighted by atomic mass is 9.96. The number of ether oxygens (including phenoxy) is 1. The van der Waals surface area contributed by atoms with Crippen LogP contribution in [-0.4, -0.2) is 31.3 Å². The molecule has 0 saturated carbocycles. The first-order valence-electron chi connectivity index (χ1n) is 6.52. The van der Waals surface area contributed by atoms with Crippen molar-refractivity contribution in [1.29, 1.82) is 0 Å². The number of piperidine rings is 1. The van der Waals surface area contributed by atoms with Gasteiger partial charge in [0.05, 0.1) is 13.0 Å². The molecule has 2 nitrogen and oxygen atoms in total. The fourth-order valence-electron chi connectivity index (χ4n) is 2.53. The van der Waals surface area contributed by atoms with E-state index in [-0.39, 0.29) is 12.8 Å². The molecule has 0 bridgehead atoms. The number of alkyl halides is 3. The Labute approximate surface area is 125 Å². The molecule has 0 radical (unpaired) electrons. The molecule has 0 amide bonds. The van der Waals surface area contributed by atoms with Crippen molar-refractivity contribution >= 4 is 15.9 Å². The molecule has 0 atom stereocenters. The van der Waals surface area contributed by atoms with Crippen LogP contribution in [-0.2, 0) is 6.54 Å². The van der Waals surface area contributed by atoms with E-state index in [2.05, 4.69) is 15.9 Å². The summed E-state index contributed by atoms with van der Waals surface area (Å²) in [5.41, 5.74) is 0.987. The zero-order valence-corrected chi connectivity index (χ0v) is 12.8. The molecule has 112 valence electrons. The van der Waals surface area contributed by atoms with Gasteiger partial charge in [-0.05, 0) is 38.1 Å². The van der Waals surface area contributed by atoms with Crippen LogP contribution in [0.4, 0.5) is 13.2 Å². The third kappa shape index (κ3) is 3.67. The summed E-state index contributed by atoms with van der Waals surface area (Å²) >= 11 is 3.47. The Hall–Kier alpha value is -0.750. The van der Waals surface area contributed by atoms with Crippen molar-refractivity contribution in [3.8, 4) is 5.75 Å². The summed E-state index contributed by atoms with van der Waals surface area (Å²) < 4.78 is 44.1. The summed E-state index contributed by atoms with van der Waals surface area (Å²) in [7, 11) is 1.60. The van der Waals surface area contributed by atoms with Crippen LogP contribution >= 0.6 is 15.9 Å². The van der Waals surface area contributed by atoms with Crippen LogP contribution in [0.3, 0.4) is 0 Å². The summed E-state index contributed by atoms with van der Waals surface area (Å²) in [5, 5.41) is 0. The molecule has 20 heavy (non-hydrogen) atoms. The molecule has 0 aromatic heterocycles. The smallest absolute Gasteiger partial charge is 0.391 e. The number of hydrogen-bond acceptors (Lipinski definition) is 2. The fraction of sp³-hybridized carbons (Fsp3) is 0.571. The maximum Gasteiger partial charge on any atom is 0.391 e. The van der Waals surface area contributed by atoms with Crippen molar-refractivity contribution in [1.82, 2.24) is 4.90 Å². The van der Waals surface area contributed by atoms with E-state index in [9.17, 15) is 13.2 Å². The van der Waals surface area contributed by atoms with E-state index < -0.39 is 12.1 Å². The lowest BCUT2D eigenvalue weighted by molar-refractivity contribution is -0.185. The van der Waals surface area contributed by atoms with Gasteiger partial charge in [-0.15, -0.1) is 0 Å². The summed E-state index contributed by atoms with van der Waals surface area (Å²) in [4.78, 5) is 2.05. The largest absolute Gasteiger partial charge is 0.496 e. The van der Waals surface area contributed by atoms with Crippen LogP contribution in [0.5, 0.6) is 5.75 Å². The van der Waals surface area contributed by atoms with E-state index >= 15 is 0 Å². The number of methoxy groups -OCH3 is 1. The van der Waals surface area contributed by atoms with E-state index in [0.29, 0.717) is 19.6 Å². The first kappa shape index (κ1) is 15.6. The second-order valence-electron chi connectivity index (χ2n) is 5.01. The molecule has 2 rings (SSSR count). The average molecular weight is 352 g/mol. The first-order valence-corrected chi connectivity index (χ1v) is 7.31. The van der Waals surface area contributed by atoms with Crippen molar-refractivity contribution in [2.45, 2.75) is 25.6 Å². The Kier molecular flexibility index (Phi) is 4.96. The molecule has 1 aliphatic heterocycles. The molecule has 1 aromatic carbocycles. The average Bonchev–Trinajstić information content (AvgIpc) is 2.40.